The van der Waals surface area contributed by atoms with E-state index in [1.807, 2.05) is 30.3 Å². The van der Waals surface area contributed by atoms with Crippen molar-refractivity contribution in [1.82, 2.24) is 15.2 Å². The van der Waals surface area contributed by atoms with Crippen LogP contribution in [0.1, 0.15) is 19.5 Å². The molecule has 5 heteroatoms. The first-order chi connectivity index (χ1) is 10.6. The molecule has 118 valence electrons. The number of hydrogen-bond acceptors (Lipinski definition) is 4. The van der Waals surface area contributed by atoms with Gasteiger partial charge in [0.15, 0.2) is 0 Å². The van der Waals surface area contributed by atoms with Crippen LogP contribution < -0.4 is 11.1 Å². The number of rotatable bonds is 7. The summed E-state index contributed by atoms with van der Waals surface area (Å²) in [4.78, 5) is 18.8. The van der Waals surface area contributed by atoms with Gasteiger partial charge < -0.3 is 16.0 Å². The smallest absolute Gasteiger partial charge is 0.226 e. The number of likely N-dealkylation sites (N-methyl/N-ethyl adjacent to an activating group) is 1. The summed E-state index contributed by atoms with van der Waals surface area (Å²) in [6, 6.07) is 9.43. The van der Waals surface area contributed by atoms with E-state index in [2.05, 4.69) is 29.0 Å². The Hall–Kier alpha value is -2.14. The SMILES string of the molecule is CCN(CC)CCNC(=O)Cc1ccc2cc(N)ccc2n1. The molecule has 0 spiro atoms. The number of nitrogens with zero attached hydrogens (tertiary/aromatic N) is 2. The number of aromatic nitrogens is 1. The zero-order chi connectivity index (χ0) is 15.9. The van der Waals surface area contributed by atoms with Crippen LogP contribution in [-0.2, 0) is 11.2 Å². The van der Waals surface area contributed by atoms with Gasteiger partial charge in [0.25, 0.3) is 0 Å². The van der Waals surface area contributed by atoms with E-state index in [1.165, 1.54) is 0 Å². The van der Waals surface area contributed by atoms with Crippen molar-refractivity contribution in [3.8, 4) is 0 Å². The molecule has 5 nitrogen and oxygen atoms in total. The summed E-state index contributed by atoms with van der Waals surface area (Å²) in [7, 11) is 0. The molecular formula is C17H24N4O. The normalized spacial score (nSPS) is 11.0. The molecule has 0 aliphatic carbocycles. The minimum absolute atomic E-state index is 0.00875. The molecule has 0 radical (unpaired) electrons. The minimum atomic E-state index is 0.00875. The molecule has 2 rings (SSSR count). The number of nitrogens with two attached hydrogens (primary N) is 1. The van der Waals surface area contributed by atoms with Crippen LogP contribution in [0, 0.1) is 0 Å². The monoisotopic (exact) mass is 300 g/mol. The molecule has 1 aromatic heterocycles. The second-order valence-electron chi connectivity index (χ2n) is 5.31. The number of pyridine rings is 1. The molecule has 0 atom stereocenters. The number of nitrogens with one attached hydrogen (secondary N) is 1. The molecule has 0 fully saturated rings. The standard InChI is InChI=1S/C17H24N4O/c1-3-21(4-2)10-9-19-17(22)12-15-7-5-13-11-14(18)6-8-16(13)20-15/h5-8,11H,3-4,9-10,12,18H2,1-2H3,(H,19,22). The number of hydrogen-bond donors (Lipinski definition) is 2. The van der Waals surface area contributed by atoms with Gasteiger partial charge in [-0.25, -0.2) is 0 Å². The summed E-state index contributed by atoms with van der Waals surface area (Å²) < 4.78 is 0. The van der Waals surface area contributed by atoms with Crippen molar-refractivity contribution in [2.75, 3.05) is 31.9 Å². The highest BCUT2D eigenvalue weighted by Crippen LogP contribution is 2.16. The Labute approximate surface area is 131 Å². The highest BCUT2D eigenvalue weighted by atomic mass is 16.1. The van der Waals surface area contributed by atoms with Crippen molar-refractivity contribution in [1.29, 1.82) is 0 Å². The van der Waals surface area contributed by atoms with Crippen LogP contribution in [0.15, 0.2) is 30.3 Å². The average molecular weight is 300 g/mol. The fourth-order valence-corrected chi connectivity index (χ4v) is 2.40. The van der Waals surface area contributed by atoms with Crippen LogP contribution in [0.3, 0.4) is 0 Å². The molecule has 3 N–H and O–H groups in total. The summed E-state index contributed by atoms with van der Waals surface area (Å²) in [5.41, 5.74) is 8.11. The van der Waals surface area contributed by atoms with Crippen LogP contribution in [-0.4, -0.2) is 42.0 Å². The molecule has 0 bridgehead atoms. The van der Waals surface area contributed by atoms with Gasteiger partial charge in [-0.15, -0.1) is 0 Å². The first-order valence-electron chi connectivity index (χ1n) is 7.76. The average Bonchev–Trinajstić information content (AvgIpc) is 2.52. The maximum absolute atomic E-state index is 12.0. The van der Waals surface area contributed by atoms with E-state index in [0.717, 1.165) is 41.9 Å². The van der Waals surface area contributed by atoms with E-state index in [9.17, 15) is 4.79 Å². The Kier molecular flexibility index (Phi) is 5.72. The Balaban J connectivity index is 1.90. The lowest BCUT2D eigenvalue weighted by molar-refractivity contribution is -0.120. The van der Waals surface area contributed by atoms with Crippen molar-refractivity contribution in [2.45, 2.75) is 20.3 Å². The van der Waals surface area contributed by atoms with Gasteiger partial charge in [-0.05, 0) is 37.4 Å². The fraction of sp³-hybridized carbons (Fsp3) is 0.412. The van der Waals surface area contributed by atoms with Crippen LogP contribution in [0.25, 0.3) is 10.9 Å². The van der Waals surface area contributed by atoms with Gasteiger partial charge in [-0.2, -0.15) is 0 Å². The molecule has 2 aromatic rings. The summed E-state index contributed by atoms with van der Waals surface area (Å²) in [6.45, 7) is 7.80. The Morgan fingerprint density at radius 3 is 2.73 bits per heavy atom. The van der Waals surface area contributed by atoms with E-state index in [0.29, 0.717) is 13.0 Å². The van der Waals surface area contributed by atoms with Gasteiger partial charge in [0.05, 0.1) is 17.6 Å². The van der Waals surface area contributed by atoms with Gasteiger partial charge in [0, 0.05) is 24.2 Å². The maximum Gasteiger partial charge on any atom is 0.226 e. The molecule has 0 aliphatic heterocycles. The number of anilines is 1. The van der Waals surface area contributed by atoms with Crippen LogP contribution in [0.4, 0.5) is 5.69 Å². The van der Waals surface area contributed by atoms with Crippen molar-refractivity contribution in [2.24, 2.45) is 0 Å². The number of benzene rings is 1. The summed E-state index contributed by atoms with van der Waals surface area (Å²) >= 11 is 0. The lowest BCUT2D eigenvalue weighted by atomic mass is 10.1. The van der Waals surface area contributed by atoms with E-state index in [1.54, 1.807) is 0 Å². The predicted molar refractivity (Wildman–Crippen MR) is 90.7 cm³/mol. The van der Waals surface area contributed by atoms with Gasteiger partial charge in [-0.1, -0.05) is 19.9 Å². The second-order valence-corrected chi connectivity index (χ2v) is 5.31. The largest absolute Gasteiger partial charge is 0.399 e. The molecule has 0 aliphatic rings. The van der Waals surface area contributed by atoms with E-state index in [-0.39, 0.29) is 5.91 Å². The molecule has 1 aromatic carbocycles. The van der Waals surface area contributed by atoms with Crippen LogP contribution in [0.2, 0.25) is 0 Å². The van der Waals surface area contributed by atoms with Gasteiger partial charge >= 0.3 is 0 Å². The first kappa shape index (κ1) is 16.2. The molecule has 22 heavy (non-hydrogen) atoms. The highest BCUT2D eigenvalue weighted by Gasteiger charge is 2.06. The summed E-state index contributed by atoms with van der Waals surface area (Å²) in [6.07, 6.45) is 0.304. The second kappa shape index (κ2) is 7.75. The third-order valence-electron chi connectivity index (χ3n) is 3.76. The highest BCUT2D eigenvalue weighted by molar-refractivity contribution is 5.83. The van der Waals surface area contributed by atoms with Crippen molar-refractivity contribution < 1.29 is 4.79 Å². The van der Waals surface area contributed by atoms with Crippen LogP contribution >= 0.6 is 0 Å². The van der Waals surface area contributed by atoms with Gasteiger partial charge in [0.1, 0.15) is 0 Å². The summed E-state index contributed by atoms with van der Waals surface area (Å²) in [5.74, 6) is 0.00875. The van der Waals surface area contributed by atoms with E-state index in [4.69, 9.17) is 5.73 Å². The predicted octanol–water partition coefficient (Wildman–Crippen LogP) is 1.82. The van der Waals surface area contributed by atoms with Gasteiger partial charge in [-0.3, -0.25) is 9.78 Å². The molecular weight excluding hydrogens is 276 g/mol. The molecule has 1 amide bonds. The Morgan fingerprint density at radius 2 is 2.00 bits per heavy atom. The fourth-order valence-electron chi connectivity index (χ4n) is 2.40. The summed E-state index contributed by atoms with van der Waals surface area (Å²) in [5, 5.41) is 3.94. The maximum atomic E-state index is 12.0. The molecule has 1 heterocycles. The molecule has 0 unspecified atom stereocenters. The Morgan fingerprint density at radius 1 is 1.23 bits per heavy atom. The number of carbonyl (C=O) groups excluding carboxylic acids is 1. The van der Waals surface area contributed by atoms with Gasteiger partial charge in [0.2, 0.25) is 5.91 Å². The third kappa shape index (κ3) is 4.43. The number of amides is 1. The topological polar surface area (TPSA) is 71.2 Å². The van der Waals surface area contributed by atoms with E-state index >= 15 is 0 Å². The number of fused-ring (bicyclic) bond motifs is 1. The quantitative estimate of drug-likeness (QED) is 0.765. The zero-order valence-corrected chi connectivity index (χ0v) is 13.3. The third-order valence-corrected chi connectivity index (χ3v) is 3.76. The van der Waals surface area contributed by atoms with E-state index < -0.39 is 0 Å². The molecule has 0 saturated carbocycles. The van der Waals surface area contributed by atoms with Crippen LogP contribution in [0.5, 0.6) is 0 Å². The zero-order valence-electron chi connectivity index (χ0n) is 13.3. The number of nitrogen functional groups attached to an aromatic ring is 1. The van der Waals surface area contributed by atoms with Crippen molar-refractivity contribution in [3.63, 3.8) is 0 Å². The minimum Gasteiger partial charge on any atom is -0.399 e. The van der Waals surface area contributed by atoms with Crippen molar-refractivity contribution in [3.05, 3.63) is 36.0 Å². The lowest BCUT2D eigenvalue weighted by Gasteiger charge is -2.17. The molecule has 0 saturated heterocycles. The first-order valence-corrected chi connectivity index (χ1v) is 7.76. The van der Waals surface area contributed by atoms with Crippen molar-refractivity contribution >= 4 is 22.5 Å². The Bertz CT molecular complexity index is 638. The number of carbonyl (C=O) groups is 1. The lowest BCUT2D eigenvalue weighted by Crippen LogP contribution is -2.35.